The van der Waals surface area contributed by atoms with Crippen molar-refractivity contribution >= 4 is 5.97 Å². The van der Waals surface area contributed by atoms with E-state index >= 15 is 0 Å². The molecule has 0 bridgehead atoms. The number of esters is 1. The van der Waals surface area contributed by atoms with Gasteiger partial charge in [0.1, 0.15) is 0 Å². The van der Waals surface area contributed by atoms with Crippen molar-refractivity contribution in [1.82, 2.24) is 0 Å². The Bertz CT molecular complexity index is 88.5. The van der Waals surface area contributed by atoms with Gasteiger partial charge in [0, 0.05) is 5.92 Å². The summed E-state index contributed by atoms with van der Waals surface area (Å²) in [5, 5.41) is 0. The number of hydrogen-bond donors (Lipinski definition) is 0. The third-order valence-electron chi connectivity index (χ3n) is 1.04. The van der Waals surface area contributed by atoms with E-state index in [9.17, 15) is 4.79 Å². The fourth-order valence-corrected chi connectivity index (χ4v) is 0.638. The quantitative estimate of drug-likeness (QED) is 0.444. The van der Waals surface area contributed by atoms with Gasteiger partial charge < -0.3 is 4.74 Å². The minimum atomic E-state index is -0.0486. The van der Waals surface area contributed by atoms with Gasteiger partial charge in [-0.25, -0.2) is 0 Å². The molecule has 2 heteroatoms. The zero-order valence-corrected chi connectivity index (χ0v) is 4.31. The van der Waals surface area contributed by atoms with E-state index in [0.717, 1.165) is 0 Å². The van der Waals surface area contributed by atoms with E-state index in [2.05, 4.69) is 4.74 Å². The van der Waals surface area contributed by atoms with E-state index in [4.69, 9.17) is 0 Å². The summed E-state index contributed by atoms with van der Waals surface area (Å²) in [6, 6.07) is 0. The van der Waals surface area contributed by atoms with Crippen molar-refractivity contribution in [2.45, 2.75) is 20.8 Å². The Kier molecular flexibility index (Phi) is 2.52. The lowest BCUT2D eigenvalue weighted by Gasteiger charge is -1.87. The monoisotopic (exact) mass is 116 g/mol. The second-order valence-corrected chi connectivity index (χ2v) is 1.99. The molecule has 1 aliphatic heterocycles. The Hall–Kier alpha value is -0.530. The number of cyclic esters (lactones) is 1. The first-order valence-corrected chi connectivity index (χ1v) is 2.44. The summed E-state index contributed by atoms with van der Waals surface area (Å²) < 4.78 is 4.63. The molecule has 0 aromatic rings. The maximum absolute atomic E-state index is 10.2. The largest absolute Gasteiger partial charge is 0.465 e. The highest BCUT2D eigenvalue weighted by molar-refractivity contribution is 5.71. The van der Waals surface area contributed by atoms with E-state index in [-0.39, 0.29) is 13.4 Å². The molecule has 1 aliphatic rings. The summed E-state index contributed by atoms with van der Waals surface area (Å²) in [5.74, 6) is 0.403. The lowest BCUT2D eigenvalue weighted by atomic mass is 10.2. The van der Waals surface area contributed by atoms with Crippen LogP contribution in [-0.4, -0.2) is 12.6 Å². The highest BCUT2D eigenvalue weighted by atomic mass is 16.5. The van der Waals surface area contributed by atoms with E-state index in [1.54, 1.807) is 0 Å². The first-order valence-electron chi connectivity index (χ1n) is 2.44. The van der Waals surface area contributed by atoms with Crippen LogP contribution in [0.4, 0.5) is 0 Å². The minimum absolute atomic E-state index is 0. The van der Waals surface area contributed by atoms with Gasteiger partial charge in [0.15, 0.2) is 0 Å². The number of hydrogen-bond acceptors (Lipinski definition) is 2. The second kappa shape index (κ2) is 2.70. The maximum atomic E-state index is 10.2. The molecule has 1 heterocycles. The molecule has 0 aromatic carbocycles. The summed E-state index contributed by atoms with van der Waals surface area (Å²) in [5.41, 5.74) is 0. The number of carbonyl (C=O) groups is 1. The maximum Gasteiger partial charge on any atom is 0.306 e. The van der Waals surface area contributed by atoms with Gasteiger partial charge in [-0.05, 0) is 0 Å². The van der Waals surface area contributed by atoms with Gasteiger partial charge in [-0.15, -0.1) is 0 Å². The van der Waals surface area contributed by atoms with Crippen LogP contribution in [-0.2, 0) is 9.53 Å². The van der Waals surface area contributed by atoms with Crippen molar-refractivity contribution in [1.29, 1.82) is 0 Å². The van der Waals surface area contributed by atoms with Crippen LogP contribution in [0.2, 0.25) is 0 Å². The summed E-state index contributed by atoms with van der Waals surface area (Å²) in [6.45, 7) is 2.63. The first kappa shape index (κ1) is 7.47. The Morgan fingerprint density at radius 3 is 2.50 bits per heavy atom. The molecule has 0 unspecified atom stereocenters. The zero-order chi connectivity index (χ0) is 5.28. The molecule has 0 radical (unpaired) electrons. The summed E-state index contributed by atoms with van der Waals surface area (Å²) >= 11 is 0. The molecule has 0 aliphatic carbocycles. The number of carbonyl (C=O) groups excluding carboxylic acids is 1. The number of rotatable bonds is 0. The van der Waals surface area contributed by atoms with Gasteiger partial charge in [0.2, 0.25) is 0 Å². The van der Waals surface area contributed by atoms with Crippen LogP contribution in [0.15, 0.2) is 0 Å². The molecular weight excluding hydrogens is 104 g/mol. The van der Waals surface area contributed by atoms with Crippen LogP contribution in [0, 0.1) is 5.92 Å². The van der Waals surface area contributed by atoms with Crippen LogP contribution in [0.25, 0.3) is 0 Å². The highest BCUT2D eigenvalue weighted by Gasteiger charge is 2.18. The average molecular weight is 116 g/mol. The van der Waals surface area contributed by atoms with Crippen molar-refractivity contribution in [3.8, 4) is 0 Å². The molecule has 0 spiro atoms. The fourth-order valence-electron chi connectivity index (χ4n) is 0.638. The predicted octanol–water partition coefficient (Wildman–Crippen LogP) is 1.21. The molecule has 8 heavy (non-hydrogen) atoms. The molecule has 2 nitrogen and oxygen atoms in total. The van der Waals surface area contributed by atoms with Gasteiger partial charge in [-0.2, -0.15) is 0 Å². The third kappa shape index (κ3) is 1.52. The van der Waals surface area contributed by atoms with Crippen molar-refractivity contribution in [2.75, 3.05) is 6.61 Å². The van der Waals surface area contributed by atoms with Gasteiger partial charge >= 0.3 is 5.97 Å². The zero-order valence-electron chi connectivity index (χ0n) is 4.31. The fraction of sp³-hybridized carbons (Fsp3) is 0.833. The van der Waals surface area contributed by atoms with Crippen molar-refractivity contribution in [3.05, 3.63) is 0 Å². The normalized spacial score (nSPS) is 26.6. The Morgan fingerprint density at radius 2 is 2.38 bits per heavy atom. The molecule has 0 saturated carbocycles. The Morgan fingerprint density at radius 1 is 1.75 bits per heavy atom. The third-order valence-corrected chi connectivity index (χ3v) is 1.04. The van der Waals surface area contributed by atoms with E-state index < -0.39 is 0 Å². The highest BCUT2D eigenvalue weighted by Crippen LogP contribution is 2.11. The standard InChI is InChI=1S/C5H8O2.CH4/c1-4-2-5(6)7-3-4;/h4H,2-3H2,1H3;1H4/t4-;/m1./s1. The summed E-state index contributed by atoms with van der Waals surface area (Å²) in [4.78, 5) is 10.2. The summed E-state index contributed by atoms with van der Waals surface area (Å²) in [6.07, 6.45) is 0.611. The van der Waals surface area contributed by atoms with Crippen LogP contribution >= 0.6 is 0 Å². The van der Waals surface area contributed by atoms with E-state index in [1.807, 2.05) is 6.92 Å². The Labute approximate surface area is 49.8 Å². The van der Waals surface area contributed by atoms with E-state index in [0.29, 0.717) is 18.9 Å². The van der Waals surface area contributed by atoms with Crippen LogP contribution in [0.3, 0.4) is 0 Å². The minimum Gasteiger partial charge on any atom is -0.465 e. The van der Waals surface area contributed by atoms with Crippen LogP contribution in [0.5, 0.6) is 0 Å². The summed E-state index contributed by atoms with van der Waals surface area (Å²) in [7, 11) is 0. The molecule has 48 valence electrons. The lowest BCUT2D eigenvalue weighted by Crippen LogP contribution is -1.88. The molecule has 1 rings (SSSR count). The molecule has 0 N–H and O–H groups in total. The predicted molar refractivity (Wildman–Crippen MR) is 31.5 cm³/mol. The molecule has 1 atom stereocenters. The van der Waals surface area contributed by atoms with Crippen LogP contribution in [0.1, 0.15) is 20.8 Å². The second-order valence-electron chi connectivity index (χ2n) is 1.99. The van der Waals surface area contributed by atoms with Crippen molar-refractivity contribution < 1.29 is 9.53 Å². The van der Waals surface area contributed by atoms with Gasteiger partial charge in [0.25, 0.3) is 0 Å². The first-order chi connectivity index (χ1) is 3.29. The topological polar surface area (TPSA) is 26.3 Å². The van der Waals surface area contributed by atoms with Gasteiger partial charge in [-0.3, -0.25) is 4.79 Å². The van der Waals surface area contributed by atoms with Gasteiger partial charge in [-0.1, -0.05) is 14.4 Å². The average Bonchev–Trinajstić information content (AvgIpc) is 1.87. The number of ether oxygens (including phenoxy) is 1. The molecule has 1 fully saturated rings. The van der Waals surface area contributed by atoms with Crippen molar-refractivity contribution in [2.24, 2.45) is 5.92 Å². The van der Waals surface area contributed by atoms with Gasteiger partial charge in [0.05, 0.1) is 13.0 Å². The SMILES string of the molecule is C.C[C@H]1COC(=O)C1. The Balaban J connectivity index is 0.000000490. The molecule has 0 amide bonds. The van der Waals surface area contributed by atoms with Crippen LogP contribution < -0.4 is 0 Å². The lowest BCUT2D eigenvalue weighted by molar-refractivity contribution is -0.137. The van der Waals surface area contributed by atoms with E-state index in [1.165, 1.54) is 0 Å². The molecule has 0 aromatic heterocycles. The smallest absolute Gasteiger partial charge is 0.306 e. The molecular formula is C6H12O2. The molecule has 1 saturated heterocycles. The van der Waals surface area contributed by atoms with Crippen molar-refractivity contribution in [3.63, 3.8) is 0 Å².